The van der Waals surface area contributed by atoms with E-state index < -0.39 is 0 Å². The predicted octanol–water partition coefficient (Wildman–Crippen LogP) is 2.44. The number of rotatable bonds is 4. The molecule has 120 valence electrons. The minimum Gasteiger partial charge on any atom is -0.365 e. The van der Waals surface area contributed by atoms with Crippen LogP contribution in [0.3, 0.4) is 0 Å². The largest absolute Gasteiger partial charge is 0.365 e. The first-order valence-electron chi connectivity index (χ1n) is 7.77. The van der Waals surface area contributed by atoms with Crippen LogP contribution in [0.2, 0.25) is 0 Å². The molecule has 2 atom stereocenters. The molecule has 0 spiro atoms. The van der Waals surface area contributed by atoms with Crippen molar-refractivity contribution in [3.05, 3.63) is 34.2 Å². The van der Waals surface area contributed by atoms with Crippen molar-refractivity contribution in [2.24, 2.45) is 5.92 Å². The first-order valence-corrected chi connectivity index (χ1v) is 8.58. The third-order valence-corrected chi connectivity index (χ3v) is 5.06. The van der Waals surface area contributed by atoms with Gasteiger partial charge in [0.15, 0.2) is 11.5 Å². The molecule has 0 bridgehead atoms. The lowest BCUT2D eigenvalue weighted by Gasteiger charge is -2.37. The van der Waals surface area contributed by atoms with Crippen LogP contribution in [0, 0.1) is 24.2 Å². The van der Waals surface area contributed by atoms with Crippen LogP contribution in [-0.4, -0.2) is 39.0 Å². The lowest BCUT2D eigenvalue weighted by Crippen LogP contribution is -2.44. The SMILES string of the molecule is Cc1ncc(CN2CC[C@@H](Nc3nccnc3C#N)[C@@H](C)C2)s1. The zero-order valence-electron chi connectivity index (χ0n) is 13.4. The summed E-state index contributed by atoms with van der Waals surface area (Å²) in [5.74, 6) is 1.07. The van der Waals surface area contributed by atoms with Crippen LogP contribution in [0.4, 0.5) is 5.82 Å². The van der Waals surface area contributed by atoms with E-state index in [0.717, 1.165) is 31.1 Å². The summed E-state index contributed by atoms with van der Waals surface area (Å²) in [5, 5.41) is 13.6. The highest BCUT2D eigenvalue weighted by atomic mass is 32.1. The normalized spacial score (nSPS) is 21.8. The third kappa shape index (κ3) is 3.84. The highest BCUT2D eigenvalue weighted by Crippen LogP contribution is 2.23. The molecule has 0 amide bonds. The first-order chi connectivity index (χ1) is 11.2. The molecule has 7 heteroatoms. The van der Waals surface area contributed by atoms with Gasteiger partial charge in [0, 0.05) is 49.1 Å². The molecule has 2 aromatic rings. The summed E-state index contributed by atoms with van der Waals surface area (Å²) in [6, 6.07) is 2.41. The Bertz CT molecular complexity index is 707. The Hall–Kier alpha value is -2.04. The smallest absolute Gasteiger partial charge is 0.182 e. The van der Waals surface area contributed by atoms with E-state index in [1.807, 2.05) is 13.1 Å². The molecule has 2 aromatic heterocycles. The number of thiazole rings is 1. The predicted molar refractivity (Wildman–Crippen MR) is 90.1 cm³/mol. The summed E-state index contributed by atoms with van der Waals surface area (Å²) in [5.41, 5.74) is 0.363. The quantitative estimate of drug-likeness (QED) is 0.929. The lowest BCUT2D eigenvalue weighted by atomic mass is 9.93. The highest BCUT2D eigenvalue weighted by Gasteiger charge is 2.27. The number of hydrogen-bond acceptors (Lipinski definition) is 7. The molecule has 1 aliphatic rings. The second-order valence-electron chi connectivity index (χ2n) is 5.96. The molecule has 1 N–H and O–H groups in total. The maximum absolute atomic E-state index is 9.12. The fraction of sp³-hybridized carbons (Fsp3) is 0.500. The number of aromatic nitrogens is 3. The molecule has 3 rings (SSSR count). The summed E-state index contributed by atoms with van der Waals surface area (Å²) in [4.78, 5) is 16.4. The zero-order valence-corrected chi connectivity index (χ0v) is 14.2. The average Bonchev–Trinajstić information content (AvgIpc) is 2.95. The van der Waals surface area contributed by atoms with Crippen molar-refractivity contribution in [2.75, 3.05) is 18.4 Å². The topological polar surface area (TPSA) is 77.7 Å². The number of nitriles is 1. The molecule has 0 unspecified atom stereocenters. The van der Waals surface area contributed by atoms with Crippen LogP contribution in [0.25, 0.3) is 0 Å². The summed E-state index contributed by atoms with van der Waals surface area (Å²) in [6.07, 6.45) is 6.18. The molecule has 1 aliphatic heterocycles. The van der Waals surface area contributed by atoms with E-state index in [4.69, 9.17) is 5.26 Å². The second kappa shape index (κ2) is 7.02. The Kier molecular flexibility index (Phi) is 4.84. The van der Waals surface area contributed by atoms with Gasteiger partial charge in [0.2, 0.25) is 0 Å². The van der Waals surface area contributed by atoms with Gasteiger partial charge in [-0.1, -0.05) is 6.92 Å². The van der Waals surface area contributed by atoms with Crippen molar-refractivity contribution in [3.63, 3.8) is 0 Å². The summed E-state index contributed by atoms with van der Waals surface area (Å²) in [6.45, 7) is 7.31. The van der Waals surface area contributed by atoms with Gasteiger partial charge in [-0.2, -0.15) is 5.26 Å². The molecule has 1 fully saturated rings. The summed E-state index contributed by atoms with van der Waals surface area (Å²) < 4.78 is 0. The first kappa shape index (κ1) is 15.8. The fourth-order valence-electron chi connectivity index (χ4n) is 2.99. The minimum absolute atomic E-state index is 0.318. The van der Waals surface area contributed by atoms with Gasteiger partial charge < -0.3 is 5.32 Å². The fourth-order valence-corrected chi connectivity index (χ4v) is 3.83. The van der Waals surface area contributed by atoms with E-state index in [0.29, 0.717) is 23.5 Å². The van der Waals surface area contributed by atoms with Gasteiger partial charge in [0.05, 0.1) is 5.01 Å². The standard InChI is InChI=1S/C16H20N6S/c1-11-9-22(10-13-8-20-12(2)23-13)6-3-14(11)21-16-15(7-17)18-4-5-19-16/h4-5,8,11,14H,3,6,9-10H2,1-2H3,(H,19,21)/t11-,14+/m0/s1. The van der Waals surface area contributed by atoms with Gasteiger partial charge >= 0.3 is 0 Å². The Balaban J connectivity index is 1.59. The van der Waals surface area contributed by atoms with E-state index in [2.05, 4.69) is 38.2 Å². The molecule has 1 saturated heterocycles. The van der Waals surface area contributed by atoms with Crippen LogP contribution >= 0.6 is 11.3 Å². The zero-order chi connectivity index (χ0) is 16.2. The van der Waals surface area contributed by atoms with E-state index >= 15 is 0 Å². The number of anilines is 1. The number of nitrogens with one attached hydrogen (secondary N) is 1. The molecule has 0 saturated carbocycles. The van der Waals surface area contributed by atoms with Gasteiger partial charge in [-0.3, -0.25) is 4.90 Å². The van der Waals surface area contributed by atoms with Crippen molar-refractivity contribution < 1.29 is 0 Å². The molecular formula is C16H20N6S. The van der Waals surface area contributed by atoms with Crippen molar-refractivity contribution in [2.45, 2.75) is 32.9 Å². The van der Waals surface area contributed by atoms with Crippen LogP contribution in [-0.2, 0) is 6.54 Å². The Morgan fingerprint density at radius 1 is 1.39 bits per heavy atom. The van der Waals surface area contributed by atoms with Crippen LogP contribution in [0.5, 0.6) is 0 Å². The molecule has 23 heavy (non-hydrogen) atoms. The molecule has 0 aliphatic carbocycles. The van der Waals surface area contributed by atoms with Gasteiger partial charge in [-0.15, -0.1) is 11.3 Å². The highest BCUT2D eigenvalue weighted by molar-refractivity contribution is 7.11. The Morgan fingerprint density at radius 3 is 2.91 bits per heavy atom. The maximum atomic E-state index is 9.12. The lowest BCUT2D eigenvalue weighted by molar-refractivity contribution is 0.166. The van der Waals surface area contributed by atoms with Gasteiger partial charge in [-0.25, -0.2) is 15.0 Å². The minimum atomic E-state index is 0.318. The molecule has 0 radical (unpaired) electrons. The maximum Gasteiger partial charge on any atom is 0.182 e. The van der Waals surface area contributed by atoms with Crippen molar-refractivity contribution in [1.82, 2.24) is 19.9 Å². The third-order valence-electron chi connectivity index (χ3n) is 4.16. The number of hydrogen-bond donors (Lipinski definition) is 1. The number of piperidine rings is 1. The van der Waals surface area contributed by atoms with E-state index in [9.17, 15) is 0 Å². The summed E-state index contributed by atoms with van der Waals surface area (Å²) >= 11 is 1.77. The van der Waals surface area contributed by atoms with Crippen LogP contribution in [0.15, 0.2) is 18.6 Å². The average molecular weight is 328 g/mol. The van der Waals surface area contributed by atoms with Crippen LogP contribution in [0.1, 0.15) is 28.9 Å². The van der Waals surface area contributed by atoms with Gasteiger partial charge in [0.1, 0.15) is 6.07 Å². The molecule has 0 aromatic carbocycles. The van der Waals surface area contributed by atoms with E-state index in [1.165, 1.54) is 4.88 Å². The summed E-state index contributed by atoms with van der Waals surface area (Å²) in [7, 11) is 0. The monoisotopic (exact) mass is 328 g/mol. The van der Waals surface area contributed by atoms with Gasteiger partial charge in [-0.05, 0) is 19.3 Å². The number of nitrogens with zero attached hydrogens (tertiary/aromatic N) is 5. The van der Waals surface area contributed by atoms with E-state index in [-0.39, 0.29) is 0 Å². The Labute approximate surface area is 140 Å². The van der Waals surface area contributed by atoms with Crippen molar-refractivity contribution in [3.8, 4) is 6.07 Å². The van der Waals surface area contributed by atoms with E-state index in [1.54, 1.807) is 23.7 Å². The Morgan fingerprint density at radius 2 is 2.22 bits per heavy atom. The van der Waals surface area contributed by atoms with Crippen molar-refractivity contribution >= 4 is 17.2 Å². The number of aryl methyl sites for hydroxylation is 1. The van der Waals surface area contributed by atoms with Crippen LogP contribution < -0.4 is 5.32 Å². The number of likely N-dealkylation sites (tertiary alicyclic amines) is 1. The van der Waals surface area contributed by atoms with Crippen molar-refractivity contribution in [1.29, 1.82) is 5.26 Å². The van der Waals surface area contributed by atoms with Gasteiger partial charge in [0.25, 0.3) is 0 Å². The molecule has 6 nitrogen and oxygen atoms in total. The second-order valence-corrected chi connectivity index (χ2v) is 7.28. The molecule has 3 heterocycles. The molecular weight excluding hydrogens is 308 g/mol.